The molecule has 0 aliphatic carbocycles. The maximum Gasteiger partial charge on any atom is 0.358 e. The lowest BCUT2D eigenvalue weighted by Gasteiger charge is -2.25. The Kier molecular flexibility index (Phi) is 2.78. The van der Waals surface area contributed by atoms with Crippen LogP contribution >= 0.6 is 0 Å². The average Bonchev–Trinajstić information content (AvgIpc) is 2.91. The monoisotopic (exact) mass is 260 g/mol. The summed E-state index contributed by atoms with van der Waals surface area (Å²) in [5.74, 6) is 1.12. The van der Waals surface area contributed by atoms with E-state index >= 15 is 0 Å². The van der Waals surface area contributed by atoms with Crippen molar-refractivity contribution in [2.45, 2.75) is 40.0 Å². The van der Waals surface area contributed by atoms with Gasteiger partial charge in [-0.3, -0.25) is 5.32 Å². The van der Waals surface area contributed by atoms with Gasteiger partial charge < -0.3 is 5.11 Å². The van der Waals surface area contributed by atoms with Gasteiger partial charge in [-0.05, 0) is 17.5 Å². The fourth-order valence-corrected chi connectivity index (χ4v) is 2.62. The van der Waals surface area contributed by atoms with Crippen LogP contribution in [0.25, 0.3) is 11.0 Å². The van der Waals surface area contributed by atoms with Gasteiger partial charge in [-0.2, -0.15) is 0 Å². The van der Waals surface area contributed by atoms with E-state index in [4.69, 9.17) is 0 Å². The topological polar surface area (TPSA) is 41.1 Å². The van der Waals surface area contributed by atoms with Crippen molar-refractivity contribution in [2.24, 2.45) is 5.41 Å². The van der Waals surface area contributed by atoms with Crippen LogP contribution in [0.15, 0.2) is 24.3 Å². The lowest BCUT2D eigenvalue weighted by atomic mass is 9.89. The number of benzene rings is 1. The van der Waals surface area contributed by atoms with Gasteiger partial charge in [-0.1, -0.05) is 32.9 Å². The third kappa shape index (κ3) is 2.00. The third-order valence-electron chi connectivity index (χ3n) is 3.95. The molecule has 2 aromatic rings. The van der Waals surface area contributed by atoms with E-state index in [9.17, 15) is 5.11 Å². The number of rotatable bonds is 2. The number of para-hydroxylation sites is 2. The summed E-state index contributed by atoms with van der Waals surface area (Å²) < 4.78 is 4.50. The Morgan fingerprint density at radius 2 is 2.11 bits per heavy atom. The minimum Gasteiger partial charge on any atom is -0.389 e. The van der Waals surface area contributed by atoms with E-state index in [-0.39, 0.29) is 11.5 Å². The zero-order chi connectivity index (χ0) is 13.6. The van der Waals surface area contributed by atoms with Gasteiger partial charge in [0.2, 0.25) is 0 Å². The minimum atomic E-state index is -0.365. The summed E-state index contributed by atoms with van der Waals surface area (Å²) in [7, 11) is 0. The van der Waals surface area contributed by atoms with Crippen molar-refractivity contribution < 1.29 is 9.67 Å². The molecule has 1 aliphatic rings. The molecular weight excluding hydrogens is 238 g/mol. The fourth-order valence-electron chi connectivity index (χ4n) is 2.62. The summed E-state index contributed by atoms with van der Waals surface area (Å²) in [5, 5.41) is 13.8. The molecule has 0 amide bonds. The molecule has 1 aromatic carbocycles. The molecule has 2 heterocycles. The zero-order valence-corrected chi connectivity index (χ0v) is 11.8. The maximum atomic E-state index is 10.4. The SMILES string of the molecule is CC(C)(C)[C@H](O)Cn1c2[n+](c3ccccc31)CCN2. The van der Waals surface area contributed by atoms with E-state index in [0.29, 0.717) is 6.54 Å². The van der Waals surface area contributed by atoms with Crippen molar-refractivity contribution in [3.63, 3.8) is 0 Å². The van der Waals surface area contributed by atoms with Crippen LogP contribution < -0.4 is 9.88 Å². The first-order valence-corrected chi connectivity index (χ1v) is 6.91. The summed E-state index contributed by atoms with van der Waals surface area (Å²) in [6, 6.07) is 8.39. The first-order chi connectivity index (χ1) is 8.98. The second-order valence-electron chi connectivity index (χ2n) is 6.38. The van der Waals surface area contributed by atoms with Gasteiger partial charge in [0.05, 0.1) is 19.2 Å². The van der Waals surface area contributed by atoms with Gasteiger partial charge in [-0.15, -0.1) is 0 Å². The smallest absolute Gasteiger partial charge is 0.358 e. The first kappa shape index (κ1) is 12.5. The van der Waals surface area contributed by atoms with Crippen molar-refractivity contribution in [2.75, 3.05) is 11.9 Å². The molecule has 3 rings (SSSR count). The summed E-state index contributed by atoms with van der Waals surface area (Å²) in [6.45, 7) is 8.80. The van der Waals surface area contributed by atoms with Crippen molar-refractivity contribution in [1.82, 2.24) is 4.57 Å². The number of aliphatic hydroxyl groups excluding tert-OH is 1. The predicted molar refractivity (Wildman–Crippen MR) is 76.1 cm³/mol. The lowest BCUT2D eigenvalue weighted by Crippen LogP contribution is -2.32. The highest BCUT2D eigenvalue weighted by molar-refractivity contribution is 5.74. The molecule has 4 heteroatoms. The number of aromatic nitrogens is 2. The largest absolute Gasteiger partial charge is 0.389 e. The second-order valence-corrected chi connectivity index (χ2v) is 6.38. The fraction of sp³-hybridized carbons (Fsp3) is 0.533. The Morgan fingerprint density at radius 1 is 1.37 bits per heavy atom. The van der Waals surface area contributed by atoms with Crippen molar-refractivity contribution in [3.8, 4) is 0 Å². The molecule has 19 heavy (non-hydrogen) atoms. The van der Waals surface area contributed by atoms with Crippen molar-refractivity contribution in [3.05, 3.63) is 24.3 Å². The number of anilines is 1. The molecule has 0 spiro atoms. The average molecular weight is 260 g/mol. The normalized spacial score (nSPS) is 16.4. The van der Waals surface area contributed by atoms with Crippen LogP contribution in [0.4, 0.5) is 5.95 Å². The van der Waals surface area contributed by atoms with Crippen LogP contribution in [-0.4, -0.2) is 22.3 Å². The number of nitrogens with one attached hydrogen (secondary N) is 1. The van der Waals surface area contributed by atoms with Crippen molar-refractivity contribution in [1.29, 1.82) is 0 Å². The Balaban J connectivity index is 2.08. The van der Waals surface area contributed by atoms with E-state index < -0.39 is 0 Å². The highest BCUT2D eigenvalue weighted by Gasteiger charge is 2.31. The highest BCUT2D eigenvalue weighted by Crippen LogP contribution is 2.25. The molecule has 0 unspecified atom stereocenters. The Morgan fingerprint density at radius 3 is 2.84 bits per heavy atom. The Bertz CT molecular complexity index is 610. The van der Waals surface area contributed by atoms with Crippen LogP contribution in [0.3, 0.4) is 0 Å². The van der Waals surface area contributed by atoms with Crippen LogP contribution in [0.2, 0.25) is 0 Å². The Hall–Kier alpha value is -1.55. The third-order valence-corrected chi connectivity index (χ3v) is 3.95. The molecular formula is C15H22N3O+. The maximum absolute atomic E-state index is 10.4. The summed E-state index contributed by atoms with van der Waals surface area (Å²) in [6.07, 6.45) is -0.365. The second kappa shape index (κ2) is 4.23. The Labute approximate surface area is 113 Å². The van der Waals surface area contributed by atoms with Crippen LogP contribution in [0.1, 0.15) is 20.8 Å². The van der Waals surface area contributed by atoms with Crippen LogP contribution in [0, 0.1) is 5.41 Å². The highest BCUT2D eigenvalue weighted by atomic mass is 16.3. The number of imidazole rings is 1. The molecule has 1 aliphatic heterocycles. The summed E-state index contributed by atoms with van der Waals surface area (Å²) in [5.41, 5.74) is 2.32. The molecule has 0 saturated carbocycles. The molecule has 0 fully saturated rings. The predicted octanol–water partition coefficient (Wildman–Crippen LogP) is 1.76. The molecule has 0 saturated heterocycles. The van der Waals surface area contributed by atoms with Crippen molar-refractivity contribution >= 4 is 17.0 Å². The summed E-state index contributed by atoms with van der Waals surface area (Å²) >= 11 is 0. The van der Waals surface area contributed by atoms with Crippen LogP contribution in [0.5, 0.6) is 0 Å². The van der Waals surface area contributed by atoms with Gasteiger partial charge in [0, 0.05) is 0 Å². The standard InChI is InChI=1S/C15H21N3O/c1-15(2,3)13(19)10-18-12-7-5-4-6-11(12)17-9-8-16-14(17)18/h4-7,13,19H,8-10H2,1-3H3/p+1/t13-/m1/s1. The number of aliphatic hydroxyl groups is 1. The number of hydrogen-bond acceptors (Lipinski definition) is 2. The van der Waals surface area contributed by atoms with Gasteiger partial charge in [-0.25, -0.2) is 9.13 Å². The first-order valence-electron chi connectivity index (χ1n) is 6.91. The minimum absolute atomic E-state index is 0.110. The molecule has 1 aromatic heterocycles. The molecule has 1 atom stereocenters. The molecule has 0 radical (unpaired) electrons. The van der Waals surface area contributed by atoms with E-state index in [2.05, 4.69) is 59.5 Å². The summed E-state index contributed by atoms with van der Waals surface area (Å²) in [4.78, 5) is 0. The molecule has 0 bridgehead atoms. The van der Waals surface area contributed by atoms with Gasteiger partial charge >= 0.3 is 5.95 Å². The van der Waals surface area contributed by atoms with E-state index in [1.807, 2.05) is 0 Å². The van der Waals surface area contributed by atoms with Crippen LogP contribution in [-0.2, 0) is 13.1 Å². The molecule has 2 N–H and O–H groups in total. The quantitative estimate of drug-likeness (QED) is 0.808. The molecule has 102 valence electrons. The zero-order valence-electron chi connectivity index (χ0n) is 11.8. The molecule has 4 nitrogen and oxygen atoms in total. The number of nitrogens with zero attached hydrogens (tertiary/aromatic N) is 2. The van der Waals surface area contributed by atoms with E-state index in [0.717, 1.165) is 19.0 Å². The van der Waals surface area contributed by atoms with Gasteiger partial charge in [0.1, 0.15) is 17.6 Å². The lowest BCUT2D eigenvalue weighted by molar-refractivity contribution is -0.644. The number of hydrogen-bond donors (Lipinski definition) is 2. The van der Waals surface area contributed by atoms with Gasteiger partial charge in [0.15, 0.2) is 0 Å². The van der Waals surface area contributed by atoms with E-state index in [1.54, 1.807) is 0 Å². The number of fused-ring (bicyclic) bond motifs is 3. The van der Waals surface area contributed by atoms with Gasteiger partial charge in [0.25, 0.3) is 0 Å². The van der Waals surface area contributed by atoms with E-state index in [1.165, 1.54) is 11.0 Å².